The highest BCUT2D eigenvalue weighted by Gasteiger charge is 2.23. The van der Waals surface area contributed by atoms with E-state index >= 15 is 0 Å². The predicted molar refractivity (Wildman–Crippen MR) is 57.0 cm³/mol. The molecule has 0 saturated carbocycles. The third-order valence-electron chi connectivity index (χ3n) is 2.10. The van der Waals surface area contributed by atoms with Gasteiger partial charge in [0.05, 0.1) is 5.54 Å². The first kappa shape index (κ1) is 10.9. The van der Waals surface area contributed by atoms with Gasteiger partial charge in [-0.3, -0.25) is 0 Å². The summed E-state index contributed by atoms with van der Waals surface area (Å²) in [6.45, 7) is 1.84. The van der Waals surface area contributed by atoms with Crippen molar-refractivity contribution >= 4 is 0 Å². The molecule has 0 aliphatic rings. The molecule has 76 valence electrons. The molecule has 6 heteroatoms. The Kier molecular flexibility index (Phi) is 3.57. The zero-order chi connectivity index (χ0) is 11.1. The summed E-state index contributed by atoms with van der Waals surface area (Å²) in [6, 6.07) is 9.23. The molecule has 0 aromatic heterocycles. The predicted octanol–water partition coefficient (Wildman–Crippen LogP) is 3.52. The lowest BCUT2D eigenvalue weighted by Gasteiger charge is -2.21. The van der Waals surface area contributed by atoms with E-state index in [0.717, 1.165) is 5.56 Å². The van der Waals surface area contributed by atoms with Crippen LogP contribution in [0.1, 0.15) is 12.5 Å². The van der Waals surface area contributed by atoms with Gasteiger partial charge in [0.1, 0.15) is 0 Å². The van der Waals surface area contributed by atoms with Gasteiger partial charge in [-0.15, -0.1) is 0 Å². The molecular weight excluding hydrogens is 192 g/mol. The van der Waals surface area contributed by atoms with Crippen molar-refractivity contribution in [1.82, 2.24) is 0 Å². The van der Waals surface area contributed by atoms with Gasteiger partial charge < -0.3 is 0 Å². The van der Waals surface area contributed by atoms with Crippen LogP contribution < -0.4 is 0 Å². The van der Waals surface area contributed by atoms with Crippen LogP contribution in [0.25, 0.3) is 20.9 Å². The second-order valence-corrected chi connectivity index (χ2v) is 3.22. The molecule has 0 bridgehead atoms. The molecule has 0 radical (unpaired) electrons. The van der Waals surface area contributed by atoms with Crippen molar-refractivity contribution in [2.75, 3.05) is 6.54 Å². The van der Waals surface area contributed by atoms with E-state index in [2.05, 4.69) is 20.1 Å². The maximum atomic E-state index is 8.49. The Morgan fingerprint density at radius 3 is 2.40 bits per heavy atom. The van der Waals surface area contributed by atoms with Crippen molar-refractivity contribution in [3.63, 3.8) is 0 Å². The fourth-order valence-electron chi connectivity index (χ4n) is 1.25. The molecule has 0 heterocycles. The van der Waals surface area contributed by atoms with Crippen LogP contribution in [0.2, 0.25) is 0 Å². The highest BCUT2D eigenvalue weighted by atomic mass is 15.2. The van der Waals surface area contributed by atoms with Crippen molar-refractivity contribution in [2.45, 2.75) is 12.5 Å². The summed E-state index contributed by atoms with van der Waals surface area (Å²) >= 11 is 0. The van der Waals surface area contributed by atoms with Gasteiger partial charge in [-0.1, -0.05) is 40.6 Å². The normalized spacial score (nSPS) is 13.1. The van der Waals surface area contributed by atoms with E-state index in [-0.39, 0.29) is 6.54 Å². The van der Waals surface area contributed by atoms with Crippen molar-refractivity contribution in [3.05, 3.63) is 56.8 Å². The van der Waals surface area contributed by atoms with Crippen molar-refractivity contribution in [3.8, 4) is 0 Å². The minimum atomic E-state index is -0.817. The molecule has 0 amide bonds. The summed E-state index contributed by atoms with van der Waals surface area (Å²) < 4.78 is 0. The Labute approximate surface area is 86.8 Å². The molecule has 0 spiro atoms. The van der Waals surface area contributed by atoms with Crippen molar-refractivity contribution in [2.24, 2.45) is 10.2 Å². The van der Waals surface area contributed by atoms with Gasteiger partial charge >= 0.3 is 0 Å². The molecule has 0 saturated heterocycles. The van der Waals surface area contributed by atoms with E-state index in [4.69, 9.17) is 11.1 Å². The highest BCUT2D eigenvalue weighted by molar-refractivity contribution is 5.24. The first-order valence-electron chi connectivity index (χ1n) is 4.35. The Morgan fingerprint density at radius 2 is 1.87 bits per heavy atom. The minimum Gasteiger partial charge on any atom is -0.0929 e. The molecule has 0 aliphatic carbocycles. The molecule has 1 aromatic rings. The van der Waals surface area contributed by atoms with Crippen LogP contribution in [-0.2, 0) is 5.54 Å². The van der Waals surface area contributed by atoms with Gasteiger partial charge in [-0.25, -0.2) is 0 Å². The van der Waals surface area contributed by atoms with Gasteiger partial charge in [0, 0.05) is 16.4 Å². The second kappa shape index (κ2) is 4.91. The fourth-order valence-corrected chi connectivity index (χ4v) is 1.25. The van der Waals surface area contributed by atoms with Crippen LogP contribution in [0.4, 0.5) is 0 Å². The molecule has 6 nitrogen and oxygen atoms in total. The first-order valence-corrected chi connectivity index (χ1v) is 4.35. The monoisotopic (exact) mass is 202 g/mol. The van der Waals surface area contributed by atoms with Gasteiger partial charge in [0.25, 0.3) is 0 Å². The molecular formula is C9H10N6. The number of hydrogen-bond acceptors (Lipinski definition) is 2. The molecule has 1 aromatic carbocycles. The summed E-state index contributed by atoms with van der Waals surface area (Å²) in [7, 11) is 0. The molecule has 1 unspecified atom stereocenters. The van der Waals surface area contributed by atoms with Gasteiger partial charge in [0.2, 0.25) is 0 Å². The third kappa shape index (κ3) is 2.64. The van der Waals surface area contributed by atoms with Gasteiger partial charge in [-0.2, -0.15) is 0 Å². The lowest BCUT2D eigenvalue weighted by atomic mass is 9.93. The van der Waals surface area contributed by atoms with E-state index in [0.29, 0.717) is 0 Å². The molecule has 0 N–H and O–H groups in total. The highest BCUT2D eigenvalue weighted by Crippen LogP contribution is 2.25. The Morgan fingerprint density at radius 1 is 1.20 bits per heavy atom. The molecule has 1 atom stereocenters. The van der Waals surface area contributed by atoms with E-state index in [1.807, 2.05) is 30.3 Å². The number of rotatable bonds is 4. The lowest BCUT2D eigenvalue weighted by molar-refractivity contribution is 0.504. The summed E-state index contributed by atoms with van der Waals surface area (Å²) in [5.41, 5.74) is 16.8. The van der Waals surface area contributed by atoms with Crippen molar-refractivity contribution in [1.29, 1.82) is 0 Å². The van der Waals surface area contributed by atoms with Crippen LogP contribution in [-0.4, -0.2) is 6.54 Å². The number of hydrogen-bond donors (Lipinski definition) is 0. The quantitative estimate of drug-likeness (QED) is 0.405. The standard InChI is InChI=1S/C9H10N6/c1-9(13-15-11,7-12-14-10)8-5-3-2-4-6-8/h2-6H,7H2,1H3. The van der Waals surface area contributed by atoms with Crippen molar-refractivity contribution < 1.29 is 0 Å². The first-order chi connectivity index (χ1) is 7.23. The van der Waals surface area contributed by atoms with Crippen LogP contribution in [0.15, 0.2) is 40.6 Å². The number of azide groups is 2. The smallest absolute Gasteiger partial charge is 0.0765 e. The summed E-state index contributed by atoms with van der Waals surface area (Å²) in [5, 5.41) is 7.13. The van der Waals surface area contributed by atoms with Gasteiger partial charge in [-0.05, 0) is 23.5 Å². The third-order valence-corrected chi connectivity index (χ3v) is 2.10. The summed E-state index contributed by atoms with van der Waals surface area (Å²) in [6.07, 6.45) is 0. The summed E-state index contributed by atoms with van der Waals surface area (Å²) in [4.78, 5) is 5.45. The van der Waals surface area contributed by atoms with Crippen LogP contribution >= 0.6 is 0 Å². The molecule has 15 heavy (non-hydrogen) atoms. The van der Waals surface area contributed by atoms with E-state index in [1.165, 1.54) is 0 Å². The number of nitrogens with zero attached hydrogens (tertiary/aromatic N) is 6. The maximum Gasteiger partial charge on any atom is 0.0765 e. The Balaban J connectivity index is 3.11. The molecule has 1 rings (SSSR count). The van der Waals surface area contributed by atoms with E-state index in [1.54, 1.807) is 6.92 Å². The lowest BCUT2D eigenvalue weighted by Crippen LogP contribution is -2.21. The zero-order valence-electron chi connectivity index (χ0n) is 8.28. The van der Waals surface area contributed by atoms with Crippen LogP contribution in [0.3, 0.4) is 0 Å². The fraction of sp³-hybridized carbons (Fsp3) is 0.333. The SMILES string of the molecule is CC(CN=[N+]=[N-])(N=[N+]=[N-])c1ccccc1. The topological polar surface area (TPSA) is 97.5 Å². The Bertz CT molecular complexity index is 415. The molecule has 0 aliphatic heterocycles. The summed E-state index contributed by atoms with van der Waals surface area (Å²) in [5.74, 6) is 0. The van der Waals surface area contributed by atoms with E-state index in [9.17, 15) is 0 Å². The van der Waals surface area contributed by atoms with Crippen LogP contribution in [0, 0.1) is 0 Å². The average Bonchev–Trinajstić information content (AvgIpc) is 2.28. The zero-order valence-corrected chi connectivity index (χ0v) is 8.28. The van der Waals surface area contributed by atoms with E-state index < -0.39 is 5.54 Å². The second-order valence-electron chi connectivity index (χ2n) is 3.22. The molecule has 0 fully saturated rings. The Hall–Kier alpha value is -2.16. The average molecular weight is 202 g/mol. The minimum absolute atomic E-state index is 0.109. The largest absolute Gasteiger partial charge is 0.0929 e. The van der Waals surface area contributed by atoms with Gasteiger partial charge in [0.15, 0.2) is 0 Å². The number of benzene rings is 1. The van der Waals surface area contributed by atoms with Crippen LogP contribution in [0.5, 0.6) is 0 Å². The maximum absolute atomic E-state index is 8.49.